The SMILES string of the molecule is [NH]NC(N)=O. The summed E-state index contributed by atoms with van der Waals surface area (Å²) in [6.07, 6.45) is 0. The molecule has 0 rings (SSSR count). The lowest BCUT2D eigenvalue weighted by molar-refractivity contribution is 0.248. The Morgan fingerprint density at radius 1 is 2.00 bits per heavy atom. The molecule has 0 saturated heterocycles. The summed E-state index contributed by atoms with van der Waals surface area (Å²) < 4.78 is 0. The molecule has 0 aliphatic carbocycles. The minimum Gasteiger partial charge on any atom is -0.351 e. The summed E-state index contributed by atoms with van der Waals surface area (Å²) in [7, 11) is 0. The highest BCUT2D eigenvalue weighted by Crippen LogP contribution is 1.36. The molecule has 2 amide bonds. The summed E-state index contributed by atoms with van der Waals surface area (Å²) in [6, 6.07) is -0.829. The van der Waals surface area contributed by atoms with E-state index in [0.29, 0.717) is 0 Å². The Morgan fingerprint density at radius 3 is 2.20 bits per heavy atom. The molecule has 4 nitrogen and oxygen atoms in total. The molecule has 0 aromatic rings. The van der Waals surface area contributed by atoms with Crippen LogP contribution >= 0.6 is 0 Å². The second-order valence-corrected chi connectivity index (χ2v) is 0.489. The van der Waals surface area contributed by atoms with Crippen LogP contribution in [0.3, 0.4) is 0 Å². The fourth-order valence-electron chi connectivity index (χ4n) is 0. The molecule has 5 heavy (non-hydrogen) atoms. The molecule has 0 aliphatic heterocycles. The average Bonchev–Trinajstić information content (AvgIpc) is 1.38. The molecule has 4 N–H and O–H groups in total. The third-order valence-electron chi connectivity index (χ3n) is 0.123. The van der Waals surface area contributed by atoms with Crippen molar-refractivity contribution in [1.82, 2.24) is 11.3 Å². The molecule has 0 saturated carbocycles. The molecule has 1 radical (unpaired) electrons. The third-order valence-corrected chi connectivity index (χ3v) is 0.123. The molecule has 0 spiro atoms. The van der Waals surface area contributed by atoms with Crippen molar-refractivity contribution in [2.75, 3.05) is 0 Å². The van der Waals surface area contributed by atoms with Gasteiger partial charge < -0.3 is 5.73 Å². The minimum atomic E-state index is -0.829. The van der Waals surface area contributed by atoms with Crippen LogP contribution in [0.5, 0.6) is 0 Å². The first-order valence-electron chi connectivity index (χ1n) is 0.993. The second kappa shape index (κ2) is 1.54. The number of hydrogen-bond acceptors (Lipinski definition) is 1. The summed E-state index contributed by atoms with van der Waals surface area (Å²) in [5.74, 6) is 5.93. The van der Waals surface area contributed by atoms with E-state index in [4.69, 9.17) is 5.84 Å². The molecule has 0 aliphatic rings. The highest BCUT2D eigenvalue weighted by molar-refractivity contribution is 5.70. The van der Waals surface area contributed by atoms with E-state index < -0.39 is 6.03 Å². The van der Waals surface area contributed by atoms with Crippen molar-refractivity contribution >= 4 is 6.03 Å². The van der Waals surface area contributed by atoms with Gasteiger partial charge in [-0.2, -0.15) is 5.84 Å². The van der Waals surface area contributed by atoms with Gasteiger partial charge in [-0.1, -0.05) is 0 Å². The zero-order valence-electron chi connectivity index (χ0n) is 2.49. The molecule has 4 heteroatoms. The smallest absolute Gasteiger partial charge is 0.327 e. The molecule has 0 heterocycles. The van der Waals surface area contributed by atoms with Crippen LogP contribution in [0.15, 0.2) is 0 Å². The second-order valence-electron chi connectivity index (χ2n) is 0.489. The molecule has 29 valence electrons. The van der Waals surface area contributed by atoms with E-state index in [1.165, 1.54) is 5.43 Å². The lowest BCUT2D eigenvalue weighted by Gasteiger charge is -1.79. The van der Waals surface area contributed by atoms with Crippen LogP contribution in [0.25, 0.3) is 0 Å². The van der Waals surface area contributed by atoms with Gasteiger partial charge in [0.15, 0.2) is 0 Å². The molecule has 0 aromatic carbocycles. The highest BCUT2D eigenvalue weighted by atomic mass is 16.2. The fourth-order valence-corrected chi connectivity index (χ4v) is 0. The minimum absolute atomic E-state index is 0.829. The normalized spacial score (nSPS) is 6.60. The summed E-state index contributed by atoms with van der Waals surface area (Å²) in [4.78, 5) is 9.29. The summed E-state index contributed by atoms with van der Waals surface area (Å²) in [5.41, 5.74) is 5.77. The number of nitrogens with one attached hydrogen (secondary N) is 2. The van der Waals surface area contributed by atoms with Crippen LogP contribution in [0.4, 0.5) is 4.79 Å². The van der Waals surface area contributed by atoms with Crippen LogP contribution in [-0.2, 0) is 0 Å². The average molecular weight is 74.1 g/mol. The number of nitrogens with two attached hydrogens (primary N) is 1. The quantitative estimate of drug-likeness (QED) is 0.350. The van der Waals surface area contributed by atoms with Gasteiger partial charge in [-0.3, -0.25) is 5.43 Å². The maximum absolute atomic E-state index is 9.29. The Labute approximate surface area is 29.1 Å². The lowest BCUT2D eigenvalue weighted by Crippen LogP contribution is -2.27. The van der Waals surface area contributed by atoms with Gasteiger partial charge in [0.2, 0.25) is 0 Å². The van der Waals surface area contributed by atoms with Crippen LogP contribution in [-0.4, -0.2) is 6.03 Å². The maximum atomic E-state index is 9.29. The Hall–Kier alpha value is -0.770. The van der Waals surface area contributed by atoms with Gasteiger partial charge >= 0.3 is 6.03 Å². The largest absolute Gasteiger partial charge is 0.351 e. The van der Waals surface area contributed by atoms with Crippen molar-refractivity contribution in [1.29, 1.82) is 0 Å². The van der Waals surface area contributed by atoms with E-state index >= 15 is 0 Å². The van der Waals surface area contributed by atoms with Gasteiger partial charge in [-0.15, -0.1) is 0 Å². The van der Waals surface area contributed by atoms with E-state index in [0.717, 1.165) is 0 Å². The topological polar surface area (TPSA) is 78.9 Å². The molecule has 0 unspecified atom stereocenters. The van der Waals surface area contributed by atoms with E-state index in [2.05, 4.69) is 5.73 Å². The Kier molecular flexibility index (Phi) is 1.30. The van der Waals surface area contributed by atoms with Crippen LogP contribution in [0.1, 0.15) is 0 Å². The van der Waals surface area contributed by atoms with Gasteiger partial charge in [0.25, 0.3) is 0 Å². The number of primary amides is 1. The Morgan fingerprint density at radius 2 is 2.20 bits per heavy atom. The van der Waals surface area contributed by atoms with Gasteiger partial charge in [-0.05, 0) is 0 Å². The monoisotopic (exact) mass is 74.0 g/mol. The Bertz CT molecular complexity index is 42.2. The van der Waals surface area contributed by atoms with Crippen molar-refractivity contribution < 1.29 is 4.79 Å². The van der Waals surface area contributed by atoms with E-state index in [9.17, 15) is 4.79 Å². The van der Waals surface area contributed by atoms with Crippen LogP contribution in [0, 0.1) is 0 Å². The van der Waals surface area contributed by atoms with Crippen molar-refractivity contribution in [2.45, 2.75) is 0 Å². The highest BCUT2D eigenvalue weighted by Gasteiger charge is 1.74. The first-order valence-corrected chi connectivity index (χ1v) is 0.993. The predicted octanol–water partition coefficient (Wildman–Crippen LogP) is -1.15. The molecular formula is CH4N3O. The van der Waals surface area contributed by atoms with Gasteiger partial charge in [0, 0.05) is 0 Å². The standard InChI is InChI=1S/CH4N3O/c2-1(5)4-3/h3H,(H3,2,4,5). The molecule has 0 aromatic heterocycles. The fraction of sp³-hybridized carbons (Fsp3) is 0. The molecule has 0 fully saturated rings. The lowest BCUT2D eigenvalue weighted by atomic mass is 11.2. The molecule has 0 atom stereocenters. The van der Waals surface area contributed by atoms with Crippen LogP contribution < -0.4 is 17.0 Å². The zero-order valence-corrected chi connectivity index (χ0v) is 2.49. The number of urea groups is 1. The van der Waals surface area contributed by atoms with E-state index in [-0.39, 0.29) is 0 Å². The summed E-state index contributed by atoms with van der Waals surface area (Å²) >= 11 is 0. The molecule has 0 bridgehead atoms. The number of carbonyl (C=O) groups excluding carboxylic acids is 1. The van der Waals surface area contributed by atoms with Gasteiger partial charge in [0.1, 0.15) is 0 Å². The number of hydrogen-bond donors (Lipinski definition) is 2. The number of amides is 2. The van der Waals surface area contributed by atoms with Crippen molar-refractivity contribution in [2.24, 2.45) is 5.73 Å². The summed E-state index contributed by atoms with van der Waals surface area (Å²) in [6.45, 7) is 0. The van der Waals surface area contributed by atoms with Crippen molar-refractivity contribution in [3.05, 3.63) is 0 Å². The van der Waals surface area contributed by atoms with Crippen LogP contribution in [0.2, 0.25) is 0 Å². The summed E-state index contributed by atoms with van der Waals surface area (Å²) in [5, 5.41) is 0. The van der Waals surface area contributed by atoms with Gasteiger partial charge in [-0.25, -0.2) is 4.79 Å². The number of rotatable bonds is 0. The predicted molar refractivity (Wildman–Crippen MR) is 15.8 cm³/mol. The molecular weight excluding hydrogens is 70.0 g/mol. The first kappa shape index (κ1) is 4.23. The maximum Gasteiger partial charge on any atom is 0.327 e. The van der Waals surface area contributed by atoms with E-state index in [1.807, 2.05) is 0 Å². The zero-order chi connectivity index (χ0) is 4.28. The van der Waals surface area contributed by atoms with Crippen molar-refractivity contribution in [3.8, 4) is 0 Å². The van der Waals surface area contributed by atoms with E-state index in [1.54, 1.807) is 0 Å². The number of carbonyl (C=O) groups is 1. The van der Waals surface area contributed by atoms with Gasteiger partial charge in [0.05, 0.1) is 0 Å². The Balaban J connectivity index is 2.85. The third kappa shape index (κ3) is 3.23. The van der Waals surface area contributed by atoms with Crippen molar-refractivity contribution in [3.63, 3.8) is 0 Å². The first-order chi connectivity index (χ1) is 2.27.